The van der Waals surface area contributed by atoms with Gasteiger partial charge in [-0.25, -0.2) is 4.39 Å². The van der Waals surface area contributed by atoms with Gasteiger partial charge in [0.25, 0.3) is 0 Å². The third-order valence-electron chi connectivity index (χ3n) is 3.30. The number of nitrogens with one attached hydrogen (secondary N) is 1. The van der Waals surface area contributed by atoms with Crippen LogP contribution in [0.2, 0.25) is 0 Å². The van der Waals surface area contributed by atoms with Crippen molar-refractivity contribution in [2.24, 2.45) is 0 Å². The summed E-state index contributed by atoms with van der Waals surface area (Å²) in [6.45, 7) is 0.613. The highest BCUT2D eigenvalue weighted by molar-refractivity contribution is 9.10. The second kappa shape index (κ2) is 6.82. The molecule has 0 bridgehead atoms. The second-order valence-electron chi connectivity index (χ2n) is 4.68. The average Bonchev–Trinajstić information content (AvgIpc) is 2.48. The van der Waals surface area contributed by atoms with Gasteiger partial charge in [0.15, 0.2) is 0 Å². The Balaban J connectivity index is 2.28. The minimum atomic E-state index is -0.507. The Hall–Kier alpha value is -1.45. The van der Waals surface area contributed by atoms with Crippen molar-refractivity contribution >= 4 is 27.5 Å². The van der Waals surface area contributed by atoms with Crippen molar-refractivity contribution in [3.63, 3.8) is 0 Å². The highest BCUT2D eigenvalue weighted by Gasteiger charge is 2.28. The minimum Gasteiger partial charge on any atom is -0.306 e. The standard InChI is InChI=1S/C14H15BrFN3O/c15-10-4-5-11(16)13(9-10)19(8-6-17)14(20)12-3-1-2-7-18-12/h4-5,9,12,18H,1-3,7-8H2. The molecule has 6 heteroatoms. The van der Waals surface area contributed by atoms with Crippen molar-refractivity contribution < 1.29 is 9.18 Å². The number of piperidine rings is 1. The van der Waals surface area contributed by atoms with Gasteiger partial charge in [-0.1, -0.05) is 22.4 Å². The van der Waals surface area contributed by atoms with E-state index in [1.54, 1.807) is 6.07 Å². The van der Waals surface area contributed by atoms with E-state index in [0.29, 0.717) is 4.47 Å². The minimum absolute atomic E-state index is 0.137. The van der Waals surface area contributed by atoms with Crippen LogP contribution in [0.5, 0.6) is 0 Å². The van der Waals surface area contributed by atoms with Crippen molar-refractivity contribution in [1.82, 2.24) is 5.32 Å². The summed E-state index contributed by atoms with van der Waals surface area (Å²) in [6, 6.07) is 5.96. The van der Waals surface area contributed by atoms with Gasteiger partial charge in [0.2, 0.25) is 5.91 Å². The third-order valence-corrected chi connectivity index (χ3v) is 3.80. The van der Waals surface area contributed by atoms with Gasteiger partial charge in [0, 0.05) is 4.47 Å². The Bertz CT molecular complexity index is 538. The molecule has 1 fully saturated rings. The van der Waals surface area contributed by atoms with Gasteiger partial charge in [0.05, 0.1) is 17.8 Å². The molecule has 1 saturated heterocycles. The van der Waals surface area contributed by atoms with Crippen LogP contribution in [0.1, 0.15) is 19.3 Å². The van der Waals surface area contributed by atoms with E-state index >= 15 is 0 Å². The molecule has 1 aliphatic rings. The maximum atomic E-state index is 13.9. The topological polar surface area (TPSA) is 56.1 Å². The van der Waals surface area contributed by atoms with Crippen molar-refractivity contribution in [2.45, 2.75) is 25.3 Å². The number of benzene rings is 1. The Morgan fingerprint density at radius 1 is 1.55 bits per heavy atom. The zero-order valence-electron chi connectivity index (χ0n) is 10.9. The number of hydrogen-bond donors (Lipinski definition) is 1. The Morgan fingerprint density at radius 2 is 2.35 bits per heavy atom. The summed E-state index contributed by atoms with van der Waals surface area (Å²) in [5, 5.41) is 12.0. The molecule has 106 valence electrons. The Labute approximate surface area is 125 Å². The fourth-order valence-corrected chi connectivity index (χ4v) is 2.64. The quantitative estimate of drug-likeness (QED) is 0.861. The van der Waals surface area contributed by atoms with Gasteiger partial charge in [-0.05, 0) is 37.6 Å². The van der Waals surface area contributed by atoms with E-state index in [2.05, 4.69) is 21.2 Å². The van der Waals surface area contributed by atoms with Crippen molar-refractivity contribution in [3.8, 4) is 6.07 Å². The normalized spacial score (nSPS) is 18.4. The molecule has 1 heterocycles. The molecule has 0 aromatic heterocycles. The number of carbonyl (C=O) groups excluding carboxylic acids is 1. The molecule has 1 amide bonds. The Morgan fingerprint density at radius 3 is 3.00 bits per heavy atom. The summed E-state index contributed by atoms with van der Waals surface area (Å²) in [7, 11) is 0. The van der Waals surface area contributed by atoms with Crippen LogP contribution in [-0.2, 0) is 4.79 Å². The van der Waals surface area contributed by atoms with E-state index in [-0.39, 0.29) is 24.2 Å². The first-order valence-corrected chi connectivity index (χ1v) is 7.29. The van der Waals surface area contributed by atoms with Crippen molar-refractivity contribution in [3.05, 3.63) is 28.5 Å². The Kier molecular flexibility index (Phi) is 5.10. The fourth-order valence-electron chi connectivity index (χ4n) is 2.30. The number of nitrogens with zero attached hydrogens (tertiary/aromatic N) is 2. The summed E-state index contributed by atoms with van der Waals surface area (Å²) >= 11 is 3.26. The molecule has 2 rings (SSSR count). The molecule has 1 N–H and O–H groups in total. The van der Waals surface area contributed by atoms with E-state index in [4.69, 9.17) is 5.26 Å². The van der Waals surface area contributed by atoms with Crippen LogP contribution in [-0.4, -0.2) is 25.0 Å². The van der Waals surface area contributed by atoms with Crippen LogP contribution in [0.15, 0.2) is 22.7 Å². The number of carbonyl (C=O) groups is 1. The highest BCUT2D eigenvalue weighted by Crippen LogP contribution is 2.25. The number of anilines is 1. The smallest absolute Gasteiger partial charge is 0.245 e. The lowest BCUT2D eigenvalue weighted by Gasteiger charge is -2.28. The molecule has 0 aliphatic carbocycles. The molecule has 1 unspecified atom stereocenters. The lowest BCUT2D eigenvalue weighted by atomic mass is 10.0. The molecule has 1 aromatic carbocycles. The average molecular weight is 340 g/mol. The number of rotatable bonds is 3. The first-order chi connectivity index (χ1) is 9.63. The maximum Gasteiger partial charge on any atom is 0.245 e. The molecule has 0 radical (unpaired) electrons. The van der Waals surface area contributed by atoms with Gasteiger partial charge in [-0.2, -0.15) is 5.26 Å². The van der Waals surface area contributed by atoms with Crippen LogP contribution >= 0.6 is 15.9 Å². The van der Waals surface area contributed by atoms with Crippen LogP contribution in [0, 0.1) is 17.1 Å². The number of hydrogen-bond acceptors (Lipinski definition) is 3. The van der Waals surface area contributed by atoms with Crippen LogP contribution in [0.25, 0.3) is 0 Å². The monoisotopic (exact) mass is 339 g/mol. The summed E-state index contributed by atoms with van der Waals surface area (Å²) in [6.07, 6.45) is 2.72. The SMILES string of the molecule is N#CCN(C(=O)C1CCCCN1)c1cc(Br)ccc1F. The molecule has 1 aliphatic heterocycles. The van der Waals surface area contributed by atoms with E-state index in [1.165, 1.54) is 17.0 Å². The van der Waals surface area contributed by atoms with E-state index in [9.17, 15) is 9.18 Å². The van der Waals surface area contributed by atoms with Gasteiger partial charge < -0.3 is 5.32 Å². The zero-order valence-corrected chi connectivity index (χ0v) is 12.5. The first-order valence-electron chi connectivity index (χ1n) is 6.50. The van der Waals surface area contributed by atoms with Gasteiger partial charge in [-0.3, -0.25) is 9.69 Å². The summed E-state index contributed by atoms with van der Waals surface area (Å²) in [4.78, 5) is 13.7. The molecule has 0 saturated carbocycles. The van der Waals surface area contributed by atoms with Crippen LogP contribution < -0.4 is 10.2 Å². The zero-order chi connectivity index (χ0) is 14.5. The van der Waals surface area contributed by atoms with Gasteiger partial charge in [-0.15, -0.1) is 0 Å². The molecular weight excluding hydrogens is 325 g/mol. The van der Waals surface area contributed by atoms with E-state index < -0.39 is 5.82 Å². The lowest BCUT2D eigenvalue weighted by Crippen LogP contribution is -2.49. The number of nitriles is 1. The molecule has 20 heavy (non-hydrogen) atoms. The van der Waals surface area contributed by atoms with Gasteiger partial charge in [0.1, 0.15) is 12.4 Å². The van der Waals surface area contributed by atoms with Crippen molar-refractivity contribution in [2.75, 3.05) is 18.0 Å². The predicted molar refractivity (Wildman–Crippen MR) is 77.7 cm³/mol. The predicted octanol–water partition coefficient (Wildman–Crippen LogP) is 2.59. The number of halogens is 2. The molecule has 1 aromatic rings. The lowest BCUT2D eigenvalue weighted by molar-refractivity contribution is -0.121. The summed E-state index contributed by atoms with van der Waals surface area (Å²) < 4.78 is 14.6. The van der Waals surface area contributed by atoms with Crippen LogP contribution in [0.3, 0.4) is 0 Å². The maximum absolute atomic E-state index is 13.9. The number of amides is 1. The summed E-state index contributed by atoms with van der Waals surface area (Å²) in [5.41, 5.74) is 0.137. The molecule has 1 atom stereocenters. The van der Waals surface area contributed by atoms with E-state index in [0.717, 1.165) is 25.8 Å². The first kappa shape index (κ1) is 14.9. The molecule has 0 spiro atoms. The molecular formula is C14H15BrFN3O. The second-order valence-corrected chi connectivity index (χ2v) is 5.60. The van der Waals surface area contributed by atoms with Crippen molar-refractivity contribution in [1.29, 1.82) is 5.26 Å². The van der Waals surface area contributed by atoms with E-state index in [1.807, 2.05) is 6.07 Å². The highest BCUT2D eigenvalue weighted by atomic mass is 79.9. The fraction of sp³-hybridized carbons (Fsp3) is 0.429. The van der Waals surface area contributed by atoms with Crippen LogP contribution in [0.4, 0.5) is 10.1 Å². The third kappa shape index (κ3) is 3.35. The van der Waals surface area contributed by atoms with Gasteiger partial charge >= 0.3 is 0 Å². The largest absolute Gasteiger partial charge is 0.306 e. The summed E-state index contributed by atoms with van der Waals surface area (Å²) in [5.74, 6) is -0.754. The molecule has 4 nitrogen and oxygen atoms in total.